The van der Waals surface area contributed by atoms with Gasteiger partial charge in [0.15, 0.2) is 0 Å². The topological polar surface area (TPSA) is 55.4 Å². The van der Waals surface area contributed by atoms with Gasteiger partial charge in [-0.3, -0.25) is 4.72 Å². The van der Waals surface area contributed by atoms with Gasteiger partial charge >= 0.3 is 0 Å². The Morgan fingerprint density at radius 2 is 1.95 bits per heavy atom. The van der Waals surface area contributed by atoms with Crippen molar-refractivity contribution in [2.45, 2.75) is 4.90 Å². The van der Waals surface area contributed by atoms with Crippen LogP contribution in [0.5, 0.6) is 5.75 Å². The monoisotopic (exact) mass is 375 g/mol. The molecule has 0 aromatic heterocycles. The maximum absolute atomic E-state index is 12.4. The van der Waals surface area contributed by atoms with E-state index in [2.05, 4.69) is 20.7 Å². The van der Waals surface area contributed by atoms with Crippen molar-refractivity contribution < 1.29 is 13.2 Å². The summed E-state index contributed by atoms with van der Waals surface area (Å²) in [6.45, 7) is 0. The standard InChI is InChI=1S/C13H11BrClNO3S/c1-19-12-6-5-9(14)7-13(12)20(17,18)16-11-4-2-3-10(15)8-11/h2-8,16H,1H3. The van der Waals surface area contributed by atoms with Gasteiger partial charge < -0.3 is 4.74 Å². The van der Waals surface area contributed by atoms with Crippen molar-refractivity contribution in [2.24, 2.45) is 0 Å². The Kier molecular flexibility index (Phi) is 4.57. The molecule has 0 spiro atoms. The van der Waals surface area contributed by atoms with E-state index in [0.29, 0.717) is 15.2 Å². The zero-order chi connectivity index (χ0) is 14.8. The largest absolute Gasteiger partial charge is 0.495 e. The molecule has 0 unspecified atom stereocenters. The molecule has 0 radical (unpaired) electrons. The van der Waals surface area contributed by atoms with Crippen LogP contribution in [0.15, 0.2) is 51.8 Å². The maximum atomic E-state index is 12.4. The van der Waals surface area contributed by atoms with Crippen LogP contribution < -0.4 is 9.46 Å². The predicted octanol–water partition coefficient (Wildman–Crippen LogP) is 3.91. The molecule has 0 bridgehead atoms. The lowest BCUT2D eigenvalue weighted by atomic mass is 10.3. The molecule has 1 N–H and O–H groups in total. The van der Waals surface area contributed by atoms with Crippen LogP contribution in [0.25, 0.3) is 0 Å². The minimum atomic E-state index is -3.76. The first-order valence-electron chi connectivity index (χ1n) is 5.54. The lowest BCUT2D eigenvalue weighted by Crippen LogP contribution is -2.14. The van der Waals surface area contributed by atoms with Crippen LogP contribution in [-0.2, 0) is 10.0 Å². The van der Waals surface area contributed by atoms with E-state index in [0.717, 1.165) is 0 Å². The van der Waals surface area contributed by atoms with Crippen LogP contribution in [0.2, 0.25) is 5.02 Å². The zero-order valence-electron chi connectivity index (χ0n) is 10.4. The van der Waals surface area contributed by atoms with Crippen molar-refractivity contribution in [2.75, 3.05) is 11.8 Å². The van der Waals surface area contributed by atoms with Gasteiger partial charge in [-0.25, -0.2) is 8.42 Å². The average Bonchev–Trinajstić information content (AvgIpc) is 2.38. The molecule has 0 heterocycles. The fraction of sp³-hybridized carbons (Fsp3) is 0.0769. The van der Waals surface area contributed by atoms with Crippen molar-refractivity contribution in [1.82, 2.24) is 0 Å². The van der Waals surface area contributed by atoms with Crippen molar-refractivity contribution >= 4 is 43.2 Å². The number of ether oxygens (including phenoxy) is 1. The molecule has 0 fully saturated rings. The van der Waals surface area contributed by atoms with Gasteiger partial charge in [0, 0.05) is 9.50 Å². The van der Waals surface area contributed by atoms with Gasteiger partial charge in [0.05, 0.1) is 12.8 Å². The third-order valence-electron chi connectivity index (χ3n) is 2.49. The molecule has 7 heteroatoms. The molecule has 0 aliphatic heterocycles. The number of methoxy groups -OCH3 is 1. The fourth-order valence-electron chi connectivity index (χ4n) is 1.62. The Morgan fingerprint density at radius 3 is 2.60 bits per heavy atom. The minimum Gasteiger partial charge on any atom is -0.495 e. The summed E-state index contributed by atoms with van der Waals surface area (Å²) < 4.78 is 33.0. The molecule has 2 aromatic carbocycles. The van der Waals surface area contributed by atoms with Crippen LogP contribution in [-0.4, -0.2) is 15.5 Å². The molecule has 0 aliphatic rings. The molecule has 0 amide bonds. The van der Waals surface area contributed by atoms with Gasteiger partial charge in [-0.15, -0.1) is 0 Å². The fourth-order valence-corrected chi connectivity index (χ4v) is 3.57. The summed E-state index contributed by atoms with van der Waals surface area (Å²) >= 11 is 9.08. The summed E-state index contributed by atoms with van der Waals surface area (Å²) in [5.41, 5.74) is 0.388. The van der Waals surface area contributed by atoms with E-state index < -0.39 is 10.0 Å². The van der Waals surface area contributed by atoms with Crippen LogP contribution in [0.3, 0.4) is 0 Å². The van der Waals surface area contributed by atoms with Crippen molar-refractivity contribution in [3.8, 4) is 5.75 Å². The lowest BCUT2D eigenvalue weighted by Gasteiger charge is -2.12. The normalized spacial score (nSPS) is 11.2. The van der Waals surface area contributed by atoms with E-state index in [9.17, 15) is 8.42 Å². The molecule has 106 valence electrons. The Hall–Kier alpha value is -1.24. The number of hydrogen-bond acceptors (Lipinski definition) is 3. The molecule has 0 atom stereocenters. The van der Waals surface area contributed by atoms with Crippen LogP contribution in [0, 0.1) is 0 Å². The Morgan fingerprint density at radius 1 is 1.20 bits per heavy atom. The van der Waals surface area contributed by atoms with Gasteiger partial charge in [-0.1, -0.05) is 33.6 Å². The molecule has 0 saturated carbocycles. The first kappa shape index (κ1) is 15.2. The maximum Gasteiger partial charge on any atom is 0.265 e. The quantitative estimate of drug-likeness (QED) is 0.880. The highest BCUT2D eigenvalue weighted by atomic mass is 79.9. The van der Waals surface area contributed by atoms with Crippen molar-refractivity contribution in [1.29, 1.82) is 0 Å². The van der Waals surface area contributed by atoms with E-state index in [1.165, 1.54) is 19.2 Å². The van der Waals surface area contributed by atoms with Crippen LogP contribution >= 0.6 is 27.5 Å². The molecule has 4 nitrogen and oxygen atoms in total. The average molecular weight is 377 g/mol. The molecule has 20 heavy (non-hydrogen) atoms. The molecule has 2 rings (SSSR count). The highest BCUT2D eigenvalue weighted by Gasteiger charge is 2.20. The molecular formula is C13H11BrClNO3S. The summed E-state index contributed by atoms with van der Waals surface area (Å²) in [6, 6.07) is 11.2. The molecule has 0 aliphatic carbocycles. The molecular weight excluding hydrogens is 366 g/mol. The smallest absolute Gasteiger partial charge is 0.265 e. The van der Waals surface area contributed by atoms with Gasteiger partial charge in [-0.05, 0) is 36.4 Å². The minimum absolute atomic E-state index is 0.0503. The van der Waals surface area contributed by atoms with Crippen LogP contribution in [0.1, 0.15) is 0 Å². The van der Waals surface area contributed by atoms with E-state index >= 15 is 0 Å². The number of nitrogens with one attached hydrogen (secondary N) is 1. The van der Waals surface area contributed by atoms with Crippen LogP contribution in [0.4, 0.5) is 5.69 Å². The number of anilines is 1. The van der Waals surface area contributed by atoms with Crippen molar-refractivity contribution in [3.05, 3.63) is 52.0 Å². The number of rotatable bonds is 4. The van der Waals surface area contributed by atoms with E-state index in [1.807, 2.05) is 0 Å². The summed E-state index contributed by atoms with van der Waals surface area (Å²) in [6.07, 6.45) is 0. The number of benzene rings is 2. The Bertz CT molecular complexity index is 734. The zero-order valence-corrected chi connectivity index (χ0v) is 13.6. The number of hydrogen-bond donors (Lipinski definition) is 1. The first-order chi connectivity index (χ1) is 9.42. The second kappa shape index (κ2) is 6.03. The molecule has 0 saturated heterocycles. The highest BCUT2D eigenvalue weighted by molar-refractivity contribution is 9.10. The molecule has 2 aromatic rings. The van der Waals surface area contributed by atoms with Crippen molar-refractivity contribution in [3.63, 3.8) is 0 Å². The second-order valence-electron chi connectivity index (χ2n) is 3.91. The summed E-state index contributed by atoms with van der Waals surface area (Å²) in [5, 5.41) is 0.450. The van der Waals surface area contributed by atoms with Gasteiger partial charge in [0.25, 0.3) is 10.0 Å². The Balaban J connectivity index is 2.43. The summed E-state index contributed by atoms with van der Waals surface area (Å²) in [5.74, 6) is 0.266. The van der Waals surface area contributed by atoms with E-state index in [-0.39, 0.29) is 10.6 Å². The second-order valence-corrected chi connectivity index (χ2v) is 6.91. The summed E-state index contributed by atoms with van der Waals surface area (Å²) in [4.78, 5) is 0.0503. The summed E-state index contributed by atoms with van der Waals surface area (Å²) in [7, 11) is -2.34. The number of sulfonamides is 1. The first-order valence-corrected chi connectivity index (χ1v) is 8.20. The lowest BCUT2D eigenvalue weighted by molar-refractivity contribution is 0.403. The predicted molar refractivity (Wildman–Crippen MR) is 83.0 cm³/mol. The number of halogens is 2. The van der Waals surface area contributed by atoms with Gasteiger partial charge in [-0.2, -0.15) is 0 Å². The van der Waals surface area contributed by atoms with E-state index in [4.69, 9.17) is 16.3 Å². The van der Waals surface area contributed by atoms with Gasteiger partial charge in [0.2, 0.25) is 0 Å². The third kappa shape index (κ3) is 3.45. The van der Waals surface area contributed by atoms with Gasteiger partial charge in [0.1, 0.15) is 10.6 Å². The van der Waals surface area contributed by atoms with E-state index in [1.54, 1.807) is 30.3 Å². The highest BCUT2D eigenvalue weighted by Crippen LogP contribution is 2.29. The third-order valence-corrected chi connectivity index (χ3v) is 4.62. The SMILES string of the molecule is COc1ccc(Br)cc1S(=O)(=O)Nc1cccc(Cl)c1. The Labute approximate surface area is 130 Å².